The lowest BCUT2D eigenvalue weighted by atomic mass is 10.2. The molecule has 0 fully saturated rings. The summed E-state index contributed by atoms with van der Waals surface area (Å²) in [6, 6.07) is 3.38. The topological polar surface area (TPSA) is 29.1 Å². The summed E-state index contributed by atoms with van der Waals surface area (Å²) in [4.78, 5) is 10.6. The lowest BCUT2D eigenvalue weighted by Gasteiger charge is -2.05. The van der Waals surface area contributed by atoms with Gasteiger partial charge in [0.05, 0.1) is 0 Å². The maximum Gasteiger partial charge on any atom is 0.129 e. The van der Waals surface area contributed by atoms with E-state index in [1.54, 1.807) is 0 Å². The Kier molecular flexibility index (Phi) is 5.05. The van der Waals surface area contributed by atoms with Crippen molar-refractivity contribution >= 4 is 5.78 Å². The van der Waals surface area contributed by atoms with Crippen LogP contribution in [0.2, 0.25) is 0 Å². The lowest BCUT2D eigenvalue weighted by molar-refractivity contribution is -0.117. The molecule has 0 aliphatic rings. The summed E-state index contributed by atoms with van der Waals surface area (Å²) in [5, 5.41) is 2.97. The first-order valence-electron chi connectivity index (χ1n) is 5.23. The molecule has 1 N–H and O–H groups in total. The van der Waals surface area contributed by atoms with Gasteiger partial charge >= 0.3 is 0 Å². The van der Waals surface area contributed by atoms with Crippen molar-refractivity contribution in [1.82, 2.24) is 5.32 Å². The number of nitrogens with one attached hydrogen (secondary N) is 1. The van der Waals surface area contributed by atoms with Crippen LogP contribution in [0.1, 0.15) is 25.3 Å². The molecule has 0 unspecified atom stereocenters. The summed E-state index contributed by atoms with van der Waals surface area (Å²) < 4.78 is 25.9. The van der Waals surface area contributed by atoms with Gasteiger partial charge in [0.15, 0.2) is 0 Å². The Hall–Kier alpha value is -1.29. The molecule has 16 heavy (non-hydrogen) atoms. The third-order valence-corrected chi connectivity index (χ3v) is 2.21. The van der Waals surface area contributed by atoms with Crippen LogP contribution in [0.4, 0.5) is 8.78 Å². The first-order chi connectivity index (χ1) is 7.59. The first-order valence-corrected chi connectivity index (χ1v) is 5.23. The lowest BCUT2D eigenvalue weighted by Crippen LogP contribution is -2.16. The molecule has 0 saturated carbocycles. The van der Waals surface area contributed by atoms with Gasteiger partial charge in [-0.05, 0) is 38.1 Å². The average Bonchev–Trinajstić information content (AvgIpc) is 2.22. The summed E-state index contributed by atoms with van der Waals surface area (Å²) in [5.74, 6) is -0.721. The average molecular weight is 227 g/mol. The molecule has 0 aromatic heterocycles. The van der Waals surface area contributed by atoms with E-state index in [0.29, 0.717) is 24.9 Å². The van der Waals surface area contributed by atoms with Crippen LogP contribution in [0, 0.1) is 11.6 Å². The number of ketones is 1. The van der Waals surface area contributed by atoms with E-state index in [4.69, 9.17) is 0 Å². The predicted molar refractivity (Wildman–Crippen MR) is 58.0 cm³/mol. The second-order valence-corrected chi connectivity index (χ2v) is 3.72. The van der Waals surface area contributed by atoms with E-state index in [-0.39, 0.29) is 12.3 Å². The fourth-order valence-corrected chi connectivity index (χ4v) is 1.36. The molecule has 0 heterocycles. The third-order valence-electron chi connectivity index (χ3n) is 2.21. The van der Waals surface area contributed by atoms with E-state index < -0.39 is 11.6 Å². The summed E-state index contributed by atoms with van der Waals surface area (Å²) >= 11 is 0. The van der Waals surface area contributed by atoms with Gasteiger partial charge in [0.1, 0.15) is 17.4 Å². The number of carbonyl (C=O) groups is 1. The molecular formula is C12H15F2NO. The molecule has 0 aliphatic heterocycles. The minimum atomic E-state index is -0.443. The number of benzene rings is 1. The maximum absolute atomic E-state index is 13.1. The van der Waals surface area contributed by atoms with E-state index in [0.717, 1.165) is 12.1 Å². The molecule has 1 aromatic carbocycles. The summed E-state index contributed by atoms with van der Waals surface area (Å²) in [6.07, 6.45) is 1.23. The van der Waals surface area contributed by atoms with Crippen LogP contribution in [0.5, 0.6) is 0 Å². The molecule has 0 bridgehead atoms. The van der Waals surface area contributed by atoms with Gasteiger partial charge in [0, 0.05) is 18.5 Å². The predicted octanol–water partition coefficient (Wildman–Crippen LogP) is 2.42. The third kappa shape index (κ3) is 4.49. The SMILES string of the molecule is CC(=O)CCCNCc1cc(F)ccc1F. The van der Waals surface area contributed by atoms with E-state index in [1.165, 1.54) is 13.0 Å². The number of hydrogen-bond donors (Lipinski definition) is 1. The number of Topliss-reactive ketones (excluding diaryl/α,β-unsaturated/α-hetero) is 1. The summed E-state index contributed by atoms with van der Waals surface area (Å²) in [6.45, 7) is 2.43. The van der Waals surface area contributed by atoms with E-state index >= 15 is 0 Å². The minimum Gasteiger partial charge on any atom is -0.313 e. The maximum atomic E-state index is 13.1. The normalized spacial score (nSPS) is 10.4. The van der Waals surface area contributed by atoms with Gasteiger partial charge in [-0.3, -0.25) is 0 Å². The van der Waals surface area contributed by atoms with Crippen LogP contribution >= 0.6 is 0 Å². The van der Waals surface area contributed by atoms with Gasteiger partial charge in [0.2, 0.25) is 0 Å². The Labute approximate surface area is 93.7 Å². The fraction of sp³-hybridized carbons (Fsp3) is 0.417. The van der Waals surface area contributed by atoms with Gasteiger partial charge in [0.25, 0.3) is 0 Å². The Balaban J connectivity index is 2.31. The highest BCUT2D eigenvalue weighted by Gasteiger charge is 2.03. The molecular weight excluding hydrogens is 212 g/mol. The number of hydrogen-bond acceptors (Lipinski definition) is 2. The van der Waals surface area contributed by atoms with E-state index in [2.05, 4.69) is 5.32 Å². The second kappa shape index (κ2) is 6.33. The molecule has 0 saturated heterocycles. The van der Waals surface area contributed by atoms with Crippen molar-refractivity contribution in [3.63, 3.8) is 0 Å². The Morgan fingerprint density at radius 2 is 2.12 bits per heavy atom. The van der Waals surface area contributed by atoms with Crippen LogP contribution in [0.15, 0.2) is 18.2 Å². The van der Waals surface area contributed by atoms with Crippen molar-refractivity contribution in [3.05, 3.63) is 35.4 Å². The van der Waals surface area contributed by atoms with Crippen molar-refractivity contribution in [2.45, 2.75) is 26.3 Å². The molecule has 0 amide bonds. The minimum absolute atomic E-state index is 0.138. The Morgan fingerprint density at radius 1 is 1.38 bits per heavy atom. The van der Waals surface area contributed by atoms with Crippen molar-refractivity contribution in [1.29, 1.82) is 0 Å². The van der Waals surface area contributed by atoms with E-state index in [9.17, 15) is 13.6 Å². The summed E-state index contributed by atoms with van der Waals surface area (Å²) in [5.41, 5.74) is 0.308. The first kappa shape index (κ1) is 12.8. The molecule has 0 spiro atoms. The monoisotopic (exact) mass is 227 g/mol. The van der Waals surface area contributed by atoms with Crippen LogP contribution in [0.3, 0.4) is 0 Å². The van der Waals surface area contributed by atoms with Crippen LogP contribution in [0.25, 0.3) is 0 Å². The zero-order valence-corrected chi connectivity index (χ0v) is 9.22. The van der Waals surface area contributed by atoms with Gasteiger partial charge in [-0.15, -0.1) is 0 Å². The van der Waals surface area contributed by atoms with Crippen LogP contribution in [-0.4, -0.2) is 12.3 Å². The highest BCUT2D eigenvalue weighted by atomic mass is 19.1. The van der Waals surface area contributed by atoms with Gasteiger partial charge in [-0.25, -0.2) is 8.78 Å². The van der Waals surface area contributed by atoms with Crippen LogP contribution < -0.4 is 5.32 Å². The fourth-order valence-electron chi connectivity index (χ4n) is 1.36. The Morgan fingerprint density at radius 3 is 2.81 bits per heavy atom. The van der Waals surface area contributed by atoms with Crippen molar-refractivity contribution in [3.8, 4) is 0 Å². The molecule has 88 valence electrons. The molecule has 1 aromatic rings. The van der Waals surface area contributed by atoms with Crippen molar-refractivity contribution in [2.75, 3.05) is 6.54 Å². The highest BCUT2D eigenvalue weighted by molar-refractivity contribution is 5.75. The zero-order chi connectivity index (χ0) is 12.0. The molecule has 0 radical (unpaired) electrons. The van der Waals surface area contributed by atoms with Crippen molar-refractivity contribution < 1.29 is 13.6 Å². The molecule has 1 rings (SSSR count). The Bertz CT molecular complexity index is 366. The molecule has 4 heteroatoms. The highest BCUT2D eigenvalue weighted by Crippen LogP contribution is 2.09. The molecule has 2 nitrogen and oxygen atoms in total. The van der Waals surface area contributed by atoms with Gasteiger partial charge < -0.3 is 10.1 Å². The zero-order valence-electron chi connectivity index (χ0n) is 9.22. The number of carbonyl (C=O) groups excluding carboxylic acids is 1. The smallest absolute Gasteiger partial charge is 0.129 e. The molecule has 0 aliphatic carbocycles. The summed E-state index contributed by atoms with van der Waals surface area (Å²) in [7, 11) is 0. The van der Waals surface area contributed by atoms with Gasteiger partial charge in [-0.2, -0.15) is 0 Å². The van der Waals surface area contributed by atoms with Gasteiger partial charge in [-0.1, -0.05) is 0 Å². The standard InChI is InChI=1S/C12H15F2NO/c1-9(16)3-2-6-15-8-10-7-11(13)4-5-12(10)14/h4-5,7,15H,2-3,6,8H2,1H3. The second-order valence-electron chi connectivity index (χ2n) is 3.72. The van der Waals surface area contributed by atoms with Crippen molar-refractivity contribution in [2.24, 2.45) is 0 Å². The number of halogens is 2. The largest absolute Gasteiger partial charge is 0.313 e. The number of rotatable bonds is 6. The molecule has 0 atom stereocenters. The van der Waals surface area contributed by atoms with Crippen LogP contribution in [-0.2, 0) is 11.3 Å². The quantitative estimate of drug-likeness (QED) is 0.756. The van der Waals surface area contributed by atoms with E-state index in [1.807, 2.05) is 0 Å².